The van der Waals surface area contributed by atoms with Gasteiger partial charge >= 0.3 is 0 Å². The van der Waals surface area contributed by atoms with Crippen LogP contribution in [0.2, 0.25) is 0 Å². The number of nitrogens with one attached hydrogen (secondary N) is 1. The molecule has 7 nitrogen and oxygen atoms in total. The molecule has 0 aliphatic carbocycles. The van der Waals surface area contributed by atoms with E-state index < -0.39 is 22.6 Å². The van der Waals surface area contributed by atoms with Crippen molar-refractivity contribution >= 4 is 27.0 Å². The number of hydrogen-bond acceptors (Lipinski definition) is 6. The molecule has 1 aromatic heterocycles. The molecule has 0 atom stereocenters. The van der Waals surface area contributed by atoms with E-state index in [0.717, 1.165) is 5.56 Å². The highest BCUT2D eigenvalue weighted by atomic mass is 32.2. The van der Waals surface area contributed by atoms with Crippen molar-refractivity contribution in [1.29, 1.82) is 0 Å². The summed E-state index contributed by atoms with van der Waals surface area (Å²) in [6.45, 7) is 3.35. The second-order valence-corrected chi connectivity index (χ2v) is 9.20. The van der Waals surface area contributed by atoms with Crippen LogP contribution in [0.5, 0.6) is 5.75 Å². The number of carbonyl (C=O) groups excluding carboxylic acids is 1. The summed E-state index contributed by atoms with van der Waals surface area (Å²) in [5.41, 5.74) is 2.05. The van der Waals surface area contributed by atoms with E-state index in [1.807, 2.05) is 44.2 Å². The minimum atomic E-state index is -3.51. The number of para-hydroxylation sites is 1. The summed E-state index contributed by atoms with van der Waals surface area (Å²) in [5.74, 6) is -0.467. The van der Waals surface area contributed by atoms with Crippen LogP contribution in [-0.2, 0) is 27.8 Å². The van der Waals surface area contributed by atoms with E-state index in [1.54, 1.807) is 18.2 Å². The van der Waals surface area contributed by atoms with E-state index in [0.29, 0.717) is 28.7 Å². The lowest BCUT2D eigenvalue weighted by atomic mass is 10.0. The molecule has 0 unspecified atom stereocenters. The Morgan fingerprint density at radius 3 is 2.53 bits per heavy atom. The average Bonchev–Trinajstić information content (AvgIpc) is 3.10. The third-order valence-corrected chi connectivity index (χ3v) is 5.98. The first kappa shape index (κ1) is 21.9. The smallest absolute Gasteiger partial charge is 0.212 e. The van der Waals surface area contributed by atoms with Gasteiger partial charge in [0.25, 0.3) is 0 Å². The molecule has 160 valence electrons. The van der Waals surface area contributed by atoms with Gasteiger partial charge in [0.15, 0.2) is 11.3 Å². The summed E-state index contributed by atoms with van der Waals surface area (Å²) in [4.78, 5) is 10.7. The molecule has 0 fully saturated rings. The van der Waals surface area contributed by atoms with Crippen LogP contribution in [0.3, 0.4) is 0 Å². The van der Waals surface area contributed by atoms with Gasteiger partial charge in [-0.25, -0.2) is 13.1 Å². The Balaban J connectivity index is 1.81. The van der Waals surface area contributed by atoms with Crippen LogP contribution in [0.4, 0.5) is 0 Å². The van der Waals surface area contributed by atoms with Crippen LogP contribution in [-0.4, -0.2) is 26.7 Å². The zero-order chi connectivity index (χ0) is 21.7. The van der Waals surface area contributed by atoms with E-state index in [1.165, 1.54) is 0 Å². The fraction of sp³-hybridized carbons (Fsp3) is 0.318. The number of fused-ring (bicyclic) bond motifs is 1. The summed E-state index contributed by atoms with van der Waals surface area (Å²) < 4.78 is 38.9. The van der Waals surface area contributed by atoms with E-state index >= 15 is 0 Å². The third kappa shape index (κ3) is 5.40. The van der Waals surface area contributed by atoms with Gasteiger partial charge in [0, 0.05) is 23.4 Å². The number of aliphatic carboxylic acids is 1. The number of ether oxygens (including phenoxy) is 1. The van der Waals surface area contributed by atoms with Gasteiger partial charge in [-0.15, -0.1) is 0 Å². The minimum Gasteiger partial charge on any atom is -0.546 e. The first-order valence-electron chi connectivity index (χ1n) is 9.65. The Labute approximate surface area is 175 Å². The Kier molecular flexibility index (Phi) is 6.79. The fourth-order valence-electron chi connectivity index (χ4n) is 3.21. The third-order valence-electron chi connectivity index (χ3n) is 4.65. The monoisotopic (exact) mass is 430 g/mol. The second-order valence-electron chi connectivity index (χ2n) is 7.27. The highest BCUT2D eigenvalue weighted by Gasteiger charge is 2.21. The van der Waals surface area contributed by atoms with Crippen molar-refractivity contribution in [3.63, 3.8) is 0 Å². The Hall–Kier alpha value is -2.84. The van der Waals surface area contributed by atoms with Crippen LogP contribution in [0.25, 0.3) is 11.0 Å². The van der Waals surface area contributed by atoms with Crippen LogP contribution in [0.15, 0.2) is 52.9 Å². The maximum Gasteiger partial charge on any atom is 0.212 e. The molecule has 30 heavy (non-hydrogen) atoms. The first-order valence-corrected chi connectivity index (χ1v) is 11.3. The number of hydrogen-bond donors (Lipinski definition) is 1. The molecular weight excluding hydrogens is 406 g/mol. The van der Waals surface area contributed by atoms with Gasteiger partial charge in [0.1, 0.15) is 12.4 Å². The van der Waals surface area contributed by atoms with Crippen molar-refractivity contribution in [1.82, 2.24) is 4.72 Å². The number of carboxylic acid groups (broad SMARTS) is 1. The Morgan fingerprint density at radius 1 is 1.13 bits per heavy atom. The quantitative estimate of drug-likeness (QED) is 0.529. The molecule has 0 aliphatic rings. The normalized spacial score (nSPS) is 11.8. The maximum atomic E-state index is 12.5. The Bertz CT molecular complexity index is 1120. The molecule has 0 saturated carbocycles. The molecule has 0 bridgehead atoms. The number of carboxylic acids is 1. The zero-order valence-electron chi connectivity index (χ0n) is 16.9. The predicted octanol–water partition coefficient (Wildman–Crippen LogP) is 2.35. The summed E-state index contributed by atoms with van der Waals surface area (Å²) in [5, 5.41) is 11.4. The predicted molar refractivity (Wildman–Crippen MR) is 112 cm³/mol. The van der Waals surface area contributed by atoms with Crippen molar-refractivity contribution in [2.75, 3.05) is 12.4 Å². The SMILES string of the molecule is CC(C)c1oc2c(OCC(=O)[O-])cccc2c1CNS(=O)(=O)CCc1ccccc1. The molecule has 0 radical (unpaired) electrons. The van der Waals surface area contributed by atoms with Crippen LogP contribution < -0.4 is 14.6 Å². The van der Waals surface area contributed by atoms with Crippen molar-refractivity contribution < 1.29 is 27.5 Å². The molecule has 0 spiro atoms. The van der Waals surface area contributed by atoms with Crippen LogP contribution >= 0.6 is 0 Å². The maximum absolute atomic E-state index is 12.5. The molecule has 0 aliphatic heterocycles. The molecule has 3 rings (SSSR count). The van der Waals surface area contributed by atoms with Gasteiger partial charge in [-0.05, 0) is 18.1 Å². The first-order chi connectivity index (χ1) is 14.3. The van der Waals surface area contributed by atoms with Crippen molar-refractivity contribution in [2.45, 2.75) is 32.7 Å². The van der Waals surface area contributed by atoms with Gasteiger partial charge in [0.05, 0.1) is 11.7 Å². The summed E-state index contributed by atoms with van der Waals surface area (Å²) in [6.07, 6.45) is 0.417. The molecule has 0 saturated heterocycles. The lowest BCUT2D eigenvalue weighted by Crippen LogP contribution is -2.28. The van der Waals surface area contributed by atoms with Gasteiger partial charge in [-0.1, -0.05) is 56.3 Å². The van der Waals surface area contributed by atoms with Gasteiger partial charge in [-0.2, -0.15) is 0 Å². The highest BCUT2D eigenvalue weighted by Crippen LogP contribution is 2.36. The number of furan rings is 1. The van der Waals surface area contributed by atoms with E-state index in [9.17, 15) is 18.3 Å². The molecule has 3 aromatic rings. The molecule has 8 heteroatoms. The van der Waals surface area contributed by atoms with Crippen molar-refractivity contribution in [3.8, 4) is 5.75 Å². The largest absolute Gasteiger partial charge is 0.546 e. The molecule has 0 amide bonds. The summed E-state index contributed by atoms with van der Waals surface area (Å²) in [6, 6.07) is 14.5. The lowest BCUT2D eigenvalue weighted by Gasteiger charge is -2.09. The zero-order valence-corrected chi connectivity index (χ0v) is 17.7. The molecule has 1 heterocycles. The van der Waals surface area contributed by atoms with Crippen LogP contribution in [0.1, 0.15) is 36.7 Å². The highest BCUT2D eigenvalue weighted by molar-refractivity contribution is 7.89. The van der Waals surface area contributed by atoms with Gasteiger partial charge in [0.2, 0.25) is 10.0 Å². The number of benzene rings is 2. The number of sulfonamides is 1. The number of aryl methyl sites for hydroxylation is 1. The standard InChI is InChI=1S/C22H25NO6S/c1-15(2)21-18(13-23-30(26,27)12-11-16-7-4-3-5-8-16)17-9-6-10-19(22(17)29-21)28-14-20(24)25/h3-10,15,23H,11-14H2,1-2H3,(H,24,25)/p-1. The van der Waals surface area contributed by atoms with Crippen molar-refractivity contribution in [2.24, 2.45) is 0 Å². The molecule has 1 N–H and O–H groups in total. The van der Waals surface area contributed by atoms with E-state index in [-0.39, 0.29) is 24.0 Å². The Morgan fingerprint density at radius 2 is 1.87 bits per heavy atom. The minimum absolute atomic E-state index is 0.00443. The van der Waals surface area contributed by atoms with E-state index in [4.69, 9.17) is 9.15 Å². The summed E-state index contributed by atoms with van der Waals surface area (Å²) >= 11 is 0. The van der Waals surface area contributed by atoms with Crippen molar-refractivity contribution in [3.05, 3.63) is 65.4 Å². The number of rotatable bonds is 10. The average molecular weight is 431 g/mol. The molecule has 2 aromatic carbocycles. The van der Waals surface area contributed by atoms with Crippen LogP contribution in [0, 0.1) is 0 Å². The summed E-state index contributed by atoms with van der Waals surface area (Å²) in [7, 11) is -3.51. The topological polar surface area (TPSA) is 109 Å². The number of carbonyl (C=O) groups is 1. The second kappa shape index (κ2) is 9.32. The van der Waals surface area contributed by atoms with Gasteiger partial charge < -0.3 is 19.1 Å². The van der Waals surface area contributed by atoms with E-state index in [2.05, 4.69) is 4.72 Å². The van der Waals surface area contributed by atoms with Gasteiger partial charge in [-0.3, -0.25) is 0 Å². The lowest BCUT2D eigenvalue weighted by molar-refractivity contribution is -0.307. The fourth-order valence-corrected chi connectivity index (χ4v) is 4.23. The molecular formula is C22H24NO6S-.